The predicted octanol–water partition coefficient (Wildman–Crippen LogP) is 1.35. The van der Waals surface area contributed by atoms with Crippen LogP contribution >= 0.6 is 0 Å². The second kappa shape index (κ2) is 8.62. The van der Waals surface area contributed by atoms with E-state index in [0.29, 0.717) is 32.0 Å². The lowest BCUT2D eigenvalue weighted by molar-refractivity contribution is 0.571. The molecule has 0 heterocycles. The number of aliphatic imine (C=N–C) groups is 1. The highest BCUT2D eigenvalue weighted by atomic mass is 32.2. The van der Waals surface area contributed by atoms with Gasteiger partial charge in [-0.15, -0.1) is 0 Å². The number of hydrogen-bond acceptors (Lipinski definition) is 3. The van der Waals surface area contributed by atoms with Crippen LogP contribution in [0.3, 0.4) is 0 Å². The van der Waals surface area contributed by atoms with Crippen molar-refractivity contribution in [2.24, 2.45) is 4.99 Å². The van der Waals surface area contributed by atoms with E-state index in [4.69, 9.17) is 0 Å². The second-order valence-electron chi connectivity index (χ2n) is 6.40. The Balaban J connectivity index is 1.88. The van der Waals surface area contributed by atoms with Crippen LogP contribution in [0.15, 0.2) is 29.3 Å². The largest absolute Gasteiger partial charge is 0.357 e. The molecule has 0 spiro atoms. The van der Waals surface area contributed by atoms with E-state index in [1.165, 1.54) is 6.07 Å². The van der Waals surface area contributed by atoms with Gasteiger partial charge in [0.05, 0.1) is 12.8 Å². The van der Waals surface area contributed by atoms with Gasteiger partial charge in [-0.2, -0.15) is 0 Å². The summed E-state index contributed by atoms with van der Waals surface area (Å²) in [6.07, 6.45) is 3.67. The van der Waals surface area contributed by atoms with Crippen molar-refractivity contribution in [2.45, 2.75) is 31.6 Å². The summed E-state index contributed by atoms with van der Waals surface area (Å²) in [5, 5.41) is 6.35. The minimum absolute atomic E-state index is 0.167. The summed E-state index contributed by atoms with van der Waals surface area (Å²) in [6, 6.07) is 6.90. The zero-order chi connectivity index (χ0) is 18.3. The molecule has 1 saturated carbocycles. The third-order valence-electron chi connectivity index (χ3n) is 4.19. The molecule has 1 aliphatic carbocycles. The van der Waals surface area contributed by atoms with Gasteiger partial charge < -0.3 is 10.6 Å². The van der Waals surface area contributed by atoms with Crippen LogP contribution < -0.4 is 15.4 Å². The number of sulfonamides is 1. The van der Waals surface area contributed by atoms with E-state index in [-0.39, 0.29) is 11.2 Å². The molecule has 0 radical (unpaired) electrons. The number of benzene rings is 1. The lowest BCUT2D eigenvalue weighted by Crippen LogP contribution is -2.39. The quantitative estimate of drug-likeness (QED) is 0.348. The first-order valence-electron chi connectivity index (χ1n) is 8.58. The van der Waals surface area contributed by atoms with Crippen LogP contribution in [0, 0.1) is 5.82 Å². The normalized spacial score (nSPS) is 16.5. The summed E-state index contributed by atoms with van der Waals surface area (Å²) in [4.78, 5) is 4.60. The van der Waals surface area contributed by atoms with E-state index in [9.17, 15) is 12.8 Å². The molecule has 1 aliphatic rings. The van der Waals surface area contributed by atoms with Gasteiger partial charge in [0.2, 0.25) is 10.0 Å². The molecule has 0 amide bonds. The smallest absolute Gasteiger partial charge is 0.208 e. The van der Waals surface area contributed by atoms with Gasteiger partial charge in [0.25, 0.3) is 0 Å². The van der Waals surface area contributed by atoms with Crippen LogP contribution in [0.5, 0.6) is 0 Å². The first-order chi connectivity index (χ1) is 11.9. The molecule has 25 heavy (non-hydrogen) atoms. The van der Waals surface area contributed by atoms with E-state index >= 15 is 0 Å². The van der Waals surface area contributed by atoms with E-state index in [2.05, 4.69) is 20.3 Å². The molecule has 1 fully saturated rings. The molecule has 0 saturated heterocycles. The van der Waals surface area contributed by atoms with Gasteiger partial charge >= 0.3 is 0 Å². The highest BCUT2D eigenvalue weighted by Gasteiger charge is 2.45. The fraction of sp³-hybridized carbons (Fsp3) is 0.588. The molecule has 0 atom stereocenters. The molecule has 8 heteroatoms. The average Bonchev–Trinajstić information content (AvgIpc) is 3.32. The Morgan fingerprint density at radius 1 is 1.24 bits per heavy atom. The van der Waals surface area contributed by atoms with Crippen molar-refractivity contribution in [3.63, 3.8) is 0 Å². The maximum absolute atomic E-state index is 14.0. The molecular formula is C17H27FN4O2S. The van der Waals surface area contributed by atoms with Crippen molar-refractivity contribution >= 4 is 16.0 Å². The lowest BCUT2D eigenvalue weighted by Gasteiger charge is -2.16. The van der Waals surface area contributed by atoms with E-state index in [1.807, 2.05) is 19.1 Å². The van der Waals surface area contributed by atoms with Crippen molar-refractivity contribution in [3.8, 4) is 0 Å². The Bertz CT molecular complexity index is 702. The molecule has 1 aromatic carbocycles. The monoisotopic (exact) mass is 370 g/mol. The van der Waals surface area contributed by atoms with Crippen LogP contribution in [-0.4, -0.2) is 46.8 Å². The number of guanidine groups is 1. The topological polar surface area (TPSA) is 82.6 Å². The predicted molar refractivity (Wildman–Crippen MR) is 98.8 cm³/mol. The van der Waals surface area contributed by atoms with Crippen LogP contribution in [-0.2, 0) is 15.4 Å². The van der Waals surface area contributed by atoms with Gasteiger partial charge in [0.1, 0.15) is 5.82 Å². The zero-order valence-corrected chi connectivity index (χ0v) is 15.6. The minimum Gasteiger partial charge on any atom is -0.357 e. The maximum atomic E-state index is 14.0. The van der Waals surface area contributed by atoms with Crippen LogP contribution in [0.1, 0.15) is 31.7 Å². The Kier molecular flexibility index (Phi) is 6.78. The number of rotatable bonds is 9. The first kappa shape index (κ1) is 19.7. The van der Waals surface area contributed by atoms with Crippen LogP contribution in [0.25, 0.3) is 0 Å². The van der Waals surface area contributed by atoms with Gasteiger partial charge in [0.15, 0.2) is 5.96 Å². The van der Waals surface area contributed by atoms with Crippen molar-refractivity contribution < 1.29 is 12.8 Å². The molecule has 140 valence electrons. The summed E-state index contributed by atoms with van der Waals surface area (Å²) in [5.41, 5.74) is 0.554. The van der Waals surface area contributed by atoms with E-state index in [1.54, 1.807) is 6.07 Å². The van der Waals surface area contributed by atoms with E-state index < -0.39 is 10.0 Å². The summed E-state index contributed by atoms with van der Waals surface area (Å²) < 4.78 is 38.5. The number of halogens is 1. The highest BCUT2D eigenvalue weighted by molar-refractivity contribution is 7.88. The molecular weight excluding hydrogens is 343 g/mol. The molecule has 6 nitrogen and oxygen atoms in total. The average molecular weight is 370 g/mol. The van der Waals surface area contributed by atoms with Crippen molar-refractivity contribution in [1.82, 2.24) is 15.4 Å². The Labute approximate surface area is 149 Å². The standard InChI is InChI=1S/C17H27FN4O2S/c1-3-19-16(20-11-6-12-22-25(2,23)24)21-13-17(9-10-17)14-7-4-5-8-15(14)18/h4-5,7-8,22H,3,6,9-13H2,1-2H3,(H2,19,20,21). The van der Waals surface area contributed by atoms with Crippen LogP contribution in [0.4, 0.5) is 4.39 Å². The first-order valence-corrected chi connectivity index (χ1v) is 10.5. The third-order valence-corrected chi connectivity index (χ3v) is 4.92. The van der Waals surface area contributed by atoms with Gasteiger partial charge in [-0.25, -0.2) is 17.5 Å². The summed E-state index contributed by atoms with van der Waals surface area (Å²) >= 11 is 0. The number of nitrogens with zero attached hydrogens (tertiary/aromatic N) is 1. The molecule has 0 aliphatic heterocycles. The summed E-state index contributed by atoms with van der Waals surface area (Å²) in [6.45, 7) is 4.21. The third kappa shape index (κ3) is 6.28. The van der Waals surface area contributed by atoms with Crippen molar-refractivity contribution in [3.05, 3.63) is 35.6 Å². The van der Waals surface area contributed by atoms with Crippen LogP contribution in [0.2, 0.25) is 0 Å². The van der Waals surface area contributed by atoms with Crippen molar-refractivity contribution in [1.29, 1.82) is 0 Å². The molecule has 1 aromatic rings. The molecule has 2 rings (SSSR count). The Morgan fingerprint density at radius 2 is 1.96 bits per heavy atom. The lowest BCUT2D eigenvalue weighted by atomic mass is 9.95. The Hall–Kier alpha value is -1.67. The van der Waals surface area contributed by atoms with Gasteiger partial charge in [-0.05, 0) is 37.8 Å². The number of hydrogen-bond donors (Lipinski definition) is 3. The second-order valence-corrected chi connectivity index (χ2v) is 8.24. The highest BCUT2D eigenvalue weighted by Crippen LogP contribution is 2.49. The van der Waals surface area contributed by atoms with E-state index in [0.717, 1.165) is 31.2 Å². The molecule has 3 N–H and O–H groups in total. The maximum Gasteiger partial charge on any atom is 0.208 e. The van der Waals surface area contributed by atoms with Gasteiger partial charge in [0, 0.05) is 25.0 Å². The van der Waals surface area contributed by atoms with Gasteiger partial charge in [-0.1, -0.05) is 18.2 Å². The molecule has 0 unspecified atom stereocenters. The summed E-state index contributed by atoms with van der Waals surface area (Å²) in [5.74, 6) is 0.504. The summed E-state index contributed by atoms with van der Waals surface area (Å²) in [7, 11) is -3.15. The fourth-order valence-corrected chi connectivity index (χ4v) is 3.19. The Morgan fingerprint density at radius 3 is 2.56 bits per heavy atom. The van der Waals surface area contributed by atoms with Gasteiger partial charge in [-0.3, -0.25) is 4.99 Å². The zero-order valence-electron chi connectivity index (χ0n) is 14.8. The SMILES string of the molecule is CCNC(=NCC1(c2ccccc2F)CC1)NCCCNS(C)(=O)=O. The minimum atomic E-state index is -3.15. The van der Waals surface area contributed by atoms with Crippen molar-refractivity contribution in [2.75, 3.05) is 32.4 Å². The fourth-order valence-electron chi connectivity index (χ4n) is 2.68. The number of nitrogens with one attached hydrogen (secondary N) is 3. The molecule has 0 bridgehead atoms. The molecule has 0 aromatic heterocycles.